The van der Waals surface area contributed by atoms with Crippen molar-refractivity contribution in [1.82, 2.24) is 14.5 Å². The van der Waals surface area contributed by atoms with Crippen LogP contribution in [0.1, 0.15) is 34.7 Å². The molecule has 1 saturated heterocycles. The van der Waals surface area contributed by atoms with Gasteiger partial charge in [0.2, 0.25) is 0 Å². The van der Waals surface area contributed by atoms with Crippen LogP contribution in [0.3, 0.4) is 0 Å². The molecule has 0 spiro atoms. The van der Waals surface area contributed by atoms with Gasteiger partial charge in [0.15, 0.2) is 6.61 Å². The van der Waals surface area contributed by atoms with Gasteiger partial charge in [-0.25, -0.2) is 4.98 Å². The second-order valence-corrected chi connectivity index (χ2v) is 13.4. The lowest BCUT2D eigenvalue weighted by molar-refractivity contribution is 0.107. The predicted molar refractivity (Wildman–Crippen MR) is 200 cm³/mol. The number of ether oxygens (including phenoxy) is 1. The Bertz CT molecular complexity index is 1820. The second-order valence-electron chi connectivity index (χ2n) is 12.2. The van der Waals surface area contributed by atoms with Crippen molar-refractivity contribution in [2.45, 2.75) is 24.1 Å². The lowest BCUT2D eigenvalue weighted by atomic mass is 9.75. The lowest BCUT2D eigenvalue weighted by Gasteiger charge is -2.43. The highest BCUT2D eigenvalue weighted by molar-refractivity contribution is 8.00. The lowest BCUT2D eigenvalue weighted by Crippen LogP contribution is -2.47. The van der Waals surface area contributed by atoms with Crippen LogP contribution in [0.2, 0.25) is 0 Å². The molecule has 1 aromatic heterocycles. The van der Waals surface area contributed by atoms with Crippen LogP contribution in [-0.2, 0) is 16.8 Å². The second kappa shape index (κ2) is 15.4. The highest BCUT2D eigenvalue weighted by atomic mass is 32.2. The van der Waals surface area contributed by atoms with Gasteiger partial charge in [-0.3, -0.25) is 4.90 Å². The van der Waals surface area contributed by atoms with Crippen LogP contribution >= 0.6 is 11.8 Å². The van der Waals surface area contributed by atoms with Crippen molar-refractivity contribution in [3.8, 4) is 11.4 Å². The smallest absolute Gasteiger partial charge is 0.151 e. The molecule has 6 nitrogen and oxygen atoms in total. The van der Waals surface area contributed by atoms with E-state index >= 15 is 0 Å². The molecule has 1 aliphatic heterocycles. The van der Waals surface area contributed by atoms with E-state index in [9.17, 15) is 0 Å². The largest absolute Gasteiger partial charge is 0.490 e. The Balaban J connectivity index is 0.953. The molecule has 246 valence electrons. The Kier molecular flexibility index (Phi) is 10.2. The van der Waals surface area contributed by atoms with E-state index in [0.29, 0.717) is 18.5 Å². The van der Waals surface area contributed by atoms with Crippen LogP contribution in [0.5, 0.6) is 5.75 Å². The first-order valence-corrected chi connectivity index (χ1v) is 17.8. The van der Waals surface area contributed by atoms with E-state index in [1.807, 2.05) is 53.7 Å². The van der Waals surface area contributed by atoms with E-state index in [2.05, 4.69) is 130 Å². The van der Waals surface area contributed by atoms with E-state index in [-0.39, 0.29) is 5.54 Å². The first-order chi connectivity index (χ1) is 24.2. The first-order valence-electron chi connectivity index (χ1n) is 16.7. The van der Waals surface area contributed by atoms with Gasteiger partial charge in [-0.2, -0.15) is 0 Å². The summed E-state index contributed by atoms with van der Waals surface area (Å²) < 4.78 is 7.93. The molecule has 1 unspecified atom stereocenters. The van der Waals surface area contributed by atoms with Gasteiger partial charge >= 0.3 is 0 Å². The summed E-state index contributed by atoms with van der Waals surface area (Å²) >= 11 is 2.04. The van der Waals surface area contributed by atoms with Crippen molar-refractivity contribution < 1.29 is 9.57 Å². The van der Waals surface area contributed by atoms with Gasteiger partial charge in [-0.05, 0) is 65.4 Å². The van der Waals surface area contributed by atoms with Crippen LogP contribution in [0.15, 0.2) is 163 Å². The molecule has 7 rings (SSSR count). The molecule has 1 atom stereocenters. The van der Waals surface area contributed by atoms with Crippen LogP contribution in [0.4, 0.5) is 0 Å². The quantitative estimate of drug-likeness (QED) is 0.0536. The number of nitrogens with zero attached hydrogens (tertiary/aromatic N) is 4. The zero-order valence-electron chi connectivity index (χ0n) is 27.6. The van der Waals surface area contributed by atoms with Crippen molar-refractivity contribution in [3.63, 3.8) is 0 Å². The molecule has 0 radical (unpaired) electrons. The molecule has 0 N–H and O–H groups in total. The number of rotatable bonds is 13. The number of aromatic nitrogens is 2. The van der Waals surface area contributed by atoms with E-state index < -0.39 is 0 Å². The Morgan fingerprint density at radius 3 is 1.96 bits per heavy atom. The van der Waals surface area contributed by atoms with Gasteiger partial charge in [0.05, 0.1) is 17.6 Å². The average molecular weight is 665 g/mol. The van der Waals surface area contributed by atoms with Gasteiger partial charge in [0, 0.05) is 35.8 Å². The van der Waals surface area contributed by atoms with Gasteiger partial charge < -0.3 is 14.1 Å². The summed E-state index contributed by atoms with van der Waals surface area (Å²) in [5.74, 6) is 1.78. The molecule has 0 bridgehead atoms. The summed E-state index contributed by atoms with van der Waals surface area (Å²) in [5, 5.41) is 4.75. The molecule has 0 aliphatic carbocycles. The molecular weight excluding hydrogens is 625 g/mol. The van der Waals surface area contributed by atoms with Crippen molar-refractivity contribution >= 4 is 17.5 Å². The maximum atomic E-state index is 5.97. The summed E-state index contributed by atoms with van der Waals surface area (Å²) in [4.78, 5) is 12.3. The fourth-order valence-corrected chi connectivity index (χ4v) is 7.94. The molecule has 5 aromatic carbocycles. The zero-order valence-corrected chi connectivity index (χ0v) is 28.5. The third-order valence-electron chi connectivity index (χ3n) is 9.06. The number of oxime groups is 1. The topological polar surface area (TPSA) is 51.9 Å². The first kappa shape index (κ1) is 32.4. The maximum absolute atomic E-state index is 5.97. The van der Waals surface area contributed by atoms with Crippen LogP contribution in [-0.4, -0.2) is 51.0 Å². The Morgan fingerprint density at radius 2 is 1.39 bits per heavy atom. The van der Waals surface area contributed by atoms with Crippen LogP contribution in [0.25, 0.3) is 5.69 Å². The van der Waals surface area contributed by atoms with Crippen LogP contribution in [0, 0.1) is 0 Å². The van der Waals surface area contributed by atoms with E-state index in [0.717, 1.165) is 41.6 Å². The minimum Gasteiger partial charge on any atom is -0.490 e. The van der Waals surface area contributed by atoms with Gasteiger partial charge in [0.1, 0.15) is 12.4 Å². The number of benzene rings is 5. The molecule has 0 saturated carbocycles. The Morgan fingerprint density at radius 1 is 0.776 bits per heavy atom. The maximum Gasteiger partial charge on any atom is 0.151 e. The van der Waals surface area contributed by atoms with Crippen molar-refractivity contribution in [2.24, 2.45) is 5.16 Å². The molecule has 2 heterocycles. The summed E-state index contributed by atoms with van der Waals surface area (Å²) in [7, 11) is 0. The average Bonchev–Trinajstić information content (AvgIpc) is 3.88. The molecule has 1 fully saturated rings. The molecule has 6 aromatic rings. The van der Waals surface area contributed by atoms with Gasteiger partial charge in [-0.15, -0.1) is 11.8 Å². The summed E-state index contributed by atoms with van der Waals surface area (Å²) in [6, 6.07) is 49.5. The normalized spacial score (nSPS) is 15.3. The monoisotopic (exact) mass is 664 g/mol. The van der Waals surface area contributed by atoms with Crippen molar-refractivity contribution in [3.05, 3.63) is 186 Å². The molecule has 0 amide bonds. The predicted octanol–water partition coefficient (Wildman–Crippen LogP) is 8.60. The molecule has 7 heteroatoms. The van der Waals surface area contributed by atoms with Crippen LogP contribution < -0.4 is 4.74 Å². The number of imidazole rings is 1. The van der Waals surface area contributed by atoms with E-state index in [1.54, 1.807) is 12.5 Å². The Labute approximate surface area is 293 Å². The van der Waals surface area contributed by atoms with Crippen molar-refractivity contribution in [2.75, 3.05) is 25.6 Å². The Hall–Kier alpha value is -5.11. The highest BCUT2D eigenvalue weighted by Crippen LogP contribution is 2.46. The fraction of sp³-hybridized carbons (Fsp3) is 0.190. The van der Waals surface area contributed by atoms with E-state index in [1.165, 1.54) is 22.3 Å². The SMILES string of the molecule is CC(=NOCCOc1ccc(CC2CN(C(c3ccccc3)(c3ccccc3)c3ccccc3)CS2)cc1)c1ccc(-n2ccnc2)cc1. The molecular formula is C42H40N4O2S. The zero-order chi connectivity index (χ0) is 33.3. The number of hydrogen-bond donors (Lipinski definition) is 0. The third-order valence-corrected chi connectivity index (χ3v) is 10.3. The highest BCUT2D eigenvalue weighted by Gasteiger charge is 2.45. The molecule has 49 heavy (non-hydrogen) atoms. The number of hydrogen-bond acceptors (Lipinski definition) is 6. The van der Waals surface area contributed by atoms with Crippen molar-refractivity contribution in [1.29, 1.82) is 0 Å². The van der Waals surface area contributed by atoms with E-state index in [4.69, 9.17) is 9.57 Å². The van der Waals surface area contributed by atoms with Gasteiger partial charge in [0.25, 0.3) is 0 Å². The standard InChI is InChI=1S/C42H40N4O2S/c1-33(35-19-21-39(22-20-35)45-26-25-43-31-45)44-48-28-27-47-40-23-17-34(18-24-40)29-41-30-46(32-49-41)42(36-11-5-2-6-12-36,37-13-7-3-8-14-37)38-15-9-4-10-16-38/h2-26,31,41H,27-30,32H2,1H3. The minimum absolute atomic E-state index is 0.368. The van der Waals surface area contributed by atoms with Gasteiger partial charge in [-0.1, -0.05) is 120 Å². The molecule has 1 aliphatic rings. The minimum atomic E-state index is -0.376. The summed E-state index contributed by atoms with van der Waals surface area (Å²) in [6.07, 6.45) is 6.47. The summed E-state index contributed by atoms with van der Waals surface area (Å²) in [6.45, 7) is 3.71. The number of thioether (sulfide) groups is 1. The fourth-order valence-electron chi connectivity index (χ4n) is 6.65. The third kappa shape index (κ3) is 7.33. The summed E-state index contributed by atoms with van der Waals surface area (Å²) in [5.41, 5.74) is 7.69.